The first kappa shape index (κ1) is 11.9. The van der Waals surface area contributed by atoms with Crippen LogP contribution in [0.5, 0.6) is 5.75 Å². The fraction of sp³-hybridized carbons (Fsp3) is 0.154. The van der Waals surface area contributed by atoms with Gasteiger partial charge in [0.1, 0.15) is 17.5 Å². The predicted octanol–water partition coefficient (Wildman–Crippen LogP) is 2.41. The second-order valence-corrected chi connectivity index (χ2v) is 3.69. The molecule has 0 saturated carbocycles. The van der Waals surface area contributed by atoms with Crippen molar-refractivity contribution in [1.29, 1.82) is 5.26 Å². The first-order chi connectivity index (χ1) is 8.72. The van der Waals surface area contributed by atoms with Crippen LogP contribution in [0.2, 0.25) is 0 Å². The second-order valence-electron chi connectivity index (χ2n) is 3.69. The van der Waals surface area contributed by atoms with E-state index >= 15 is 0 Å². The second kappa shape index (κ2) is 5.15. The van der Waals surface area contributed by atoms with Crippen molar-refractivity contribution >= 4 is 11.6 Å². The molecule has 18 heavy (non-hydrogen) atoms. The maximum absolute atomic E-state index is 8.76. The van der Waals surface area contributed by atoms with Crippen LogP contribution in [0.15, 0.2) is 30.5 Å². The van der Waals surface area contributed by atoms with Crippen molar-refractivity contribution in [3.8, 4) is 11.8 Å². The maximum atomic E-state index is 8.76. The molecule has 1 heterocycles. The van der Waals surface area contributed by atoms with E-state index in [-0.39, 0.29) is 0 Å². The maximum Gasteiger partial charge on any atom is 0.228 e. The van der Waals surface area contributed by atoms with Gasteiger partial charge in [-0.25, -0.2) is 9.97 Å². The third kappa shape index (κ3) is 2.55. The van der Waals surface area contributed by atoms with Gasteiger partial charge in [-0.2, -0.15) is 5.26 Å². The zero-order valence-electron chi connectivity index (χ0n) is 10.1. The standard InChI is InChI=1S/C13H12N4O/c1-9-7-10(3-4-12(9)18-2)16-13-15-6-5-11(8-14)17-13/h3-7H,1-2H3,(H,15,16,17). The molecule has 0 amide bonds. The molecule has 1 aromatic carbocycles. The van der Waals surface area contributed by atoms with E-state index in [4.69, 9.17) is 10.00 Å². The SMILES string of the molecule is COc1ccc(Nc2nccc(C#N)n2)cc1C. The number of anilines is 2. The highest BCUT2D eigenvalue weighted by atomic mass is 16.5. The van der Waals surface area contributed by atoms with Gasteiger partial charge >= 0.3 is 0 Å². The fourth-order valence-electron chi connectivity index (χ4n) is 1.57. The van der Waals surface area contributed by atoms with Crippen LogP contribution < -0.4 is 10.1 Å². The molecule has 0 aliphatic carbocycles. The molecule has 2 aromatic rings. The molecule has 0 radical (unpaired) electrons. The number of nitriles is 1. The number of hydrogen-bond acceptors (Lipinski definition) is 5. The van der Waals surface area contributed by atoms with Gasteiger partial charge in [-0.3, -0.25) is 0 Å². The van der Waals surface area contributed by atoms with Crippen LogP contribution >= 0.6 is 0 Å². The number of nitrogens with one attached hydrogen (secondary N) is 1. The number of benzene rings is 1. The number of aryl methyl sites for hydroxylation is 1. The lowest BCUT2D eigenvalue weighted by molar-refractivity contribution is 0.412. The van der Waals surface area contributed by atoms with Crippen LogP contribution in [0.25, 0.3) is 0 Å². The van der Waals surface area contributed by atoms with Gasteiger partial charge in [-0.15, -0.1) is 0 Å². The van der Waals surface area contributed by atoms with Gasteiger partial charge < -0.3 is 10.1 Å². The van der Waals surface area contributed by atoms with Gasteiger partial charge in [0.05, 0.1) is 7.11 Å². The van der Waals surface area contributed by atoms with Crippen molar-refractivity contribution in [2.45, 2.75) is 6.92 Å². The molecule has 0 aliphatic rings. The van der Waals surface area contributed by atoms with Crippen molar-refractivity contribution in [1.82, 2.24) is 9.97 Å². The van der Waals surface area contributed by atoms with E-state index in [2.05, 4.69) is 15.3 Å². The van der Waals surface area contributed by atoms with Gasteiger partial charge in [0.2, 0.25) is 5.95 Å². The van der Waals surface area contributed by atoms with E-state index in [9.17, 15) is 0 Å². The number of nitrogens with zero attached hydrogens (tertiary/aromatic N) is 3. The topological polar surface area (TPSA) is 70.8 Å². The summed E-state index contributed by atoms with van der Waals surface area (Å²) in [5.41, 5.74) is 2.19. The third-order valence-corrected chi connectivity index (χ3v) is 2.42. The van der Waals surface area contributed by atoms with Crippen LogP contribution in [-0.2, 0) is 0 Å². The molecular formula is C13H12N4O. The van der Waals surface area contributed by atoms with E-state index in [1.807, 2.05) is 31.2 Å². The summed E-state index contributed by atoms with van der Waals surface area (Å²) in [7, 11) is 1.63. The Morgan fingerprint density at radius 3 is 2.83 bits per heavy atom. The first-order valence-electron chi connectivity index (χ1n) is 5.38. The van der Waals surface area contributed by atoms with Crippen LogP contribution in [-0.4, -0.2) is 17.1 Å². The quantitative estimate of drug-likeness (QED) is 0.892. The molecule has 0 saturated heterocycles. The zero-order chi connectivity index (χ0) is 13.0. The van der Waals surface area contributed by atoms with E-state index in [1.54, 1.807) is 19.4 Å². The normalized spacial score (nSPS) is 9.61. The highest BCUT2D eigenvalue weighted by molar-refractivity contribution is 5.57. The van der Waals surface area contributed by atoms with Crippen LogP contribution in [0, 0.1) is 18.3 Å². The minimum atomic E-state index is 0.331. The van der Waals surface area contributed by atoms with Gasteiger partial charge in [0, 0.05) is 11.9 Å². The number of aromatic nitrogens is 2. The van der Waals surface area contributed by atoms with Gasteiger partial charge in [-0.05, 0) is 36.8 Å². The lowest BCUT2D eigenvalue weighted by Crippen LogP contribution is -1.98. The minimum Gasteiger partial charge on any atom is -0.496 e. The Labute approximate surface area is 105 Å². The van der Waals surface area contributed by atoms with Crippen LogP contribution in [0.4, 0.5) is 11.6 Å². The molecule has 0 atom stereocenters. The van der Waals surface area contributed by atoms with E-state index in [0.29, 0.717) is 11.6 Å². The summed E-state index contributed by atoms with van der Waals surface area (Å²) in [4.78, 5) is 8.09. The Kier molecular flexibility index (Phi) is 3.39. The highest BCUT2D eigenvalue weighted by Gasteiger charge is 2.02. The number of ether oxygens (including phenoxy) is 1. The largest absolute Gasteiger partial charge is 0.496 e. The van der Waals surface area contributed by atoms with E-state index < -0.39 is 0 Å². The van der Waals surface area contributed by atoms with Crippen molar-refractivity contribution in [3.63, 3.8) is 0 Å². The predicted molar refractivity (Wildman–Crippen MR) is 67.8 cm³/mol. The van der Waals surface area contributed by atoms with Gasteiger partial charge in [0.15, 0.2) is 0 Å². The zero-order valence-corrected chi connectivity index (χ0v) is 10.1. The Bertz CT molecular complexity index is 604. The fourth-order valence-corrected chi connectivity index (χ4v) is 1.57. The minimum absolute atomic E-state index is 0.331. The molecule has 0 aliphatic heterocycles. The Balaban J connectivity index is 2.23. The summed E-state index contributed by atoms with van der Waals surface area (Å²) in [6.45, 7) is 1.95. The summed E-state index contributed by atoms with van der Waals surface area (Å²) < 4.78 is 5.18. The lowest BCUT2D eigenvalue weighted by Gasteiger charge is -2.08. The number of rotatable bonds is 3. The average Bonchev–Trinajstić information content (AvgIpc) is 2.39. The Hall–Kier alpha value is -2.61. The van der Waals surface area contributed by atoms with Crippen molar-refractivity contribution < 1.29 is 4.74 Å². The molecule has 5 heteroatoms. The average molecular weight is 240 g/mol. The molecule has 0 unspecified atom stereocenters. The van der Waals surface area contributed by atoms with Crippen molar-refractivity contribution in [3.05, 3.63) is 41.7 Å². The molecule has 0 bridgehead atoms. The summed E-state index contributed by atoms with van der Waals surface area (Å²) >= 11 is 0. The van der Waals surface area contributed by atoms with Crippen LogP contribution in [0.1, 0.15) is 11.3 Å². The molecule has 0 fully saturated rings. The van der Waals surface area contributed by atoms with E-state index in [1.165, 1.54) is 0 Å². The molecule has 0 spiro atoms. The van der Waals surface area contributed by atoms with Crippen molar-refractivity contribution in [2.24, 2.45) is 0 Å². The summed E-state index contributed by atoms with van der Waals surface area (Å²) in [6, 6.07) is 9.20. The van der Waals surface area contributed by atoms with Gasteiger partial charge in [0.25, 0.3) is 0 Å². The Morgan fingerprint density at radius 2 is 2.17 bits per heavy atom. The first-order valence-corrected chi connectivity index (χ1v) is 5.38. The monoisotopic (exact) mass is 240 g/mol. The van der Waals surface area contributed by atoms with Crippen LogP contribution in [0.3, 0.4) is 0 Å². The molecular weight excluding hydrogens is 228 g/mol. The molecule has 2 rings (SSSR count). The molecule has 5 nitrogen and oxygen atoms in total. The summed E-state index contributed by atoms with van der Waals surface area (Å²) in [5.74, 6) is 1.23. The van der Waals surface area contributed by atoms with Gasteiger partial charge in [-0.1, -0.05) is 0 Å². The van der Waals surface area contributed by atoms with E-state index in [0.717, 1.165) is 17.0 Å². The van der Waals surface area contributed by atoms with Crippen molar-refractivity contribution in [2.75, 3.05) is 12.4 Å². The third-order valence-electron chi connectivity index (χ3n) is 2.42. The molecule has 1 aromatic heterocycles. The smallest absolute Gasteiger partial charge is 0.228 e. The Morgan fingerprint density at radius 1 is 1.33 bits per heavy atom. The summed E-state index contributed by atoms with van der Waals surface area (Å²) in [6.07, 6.45) is 1.55. The number of methoxy groups -OCH3 is 1. The highest BCUT2D eigenvalue weighted by Crippen LogP contribution is 2.22. The molecule has 90 valence electrons. The molecule has 1 N–H and O–H groups in total. The number of hydrogen-bond donors (Lipinski definition) is 1. The summed E-state index contributed by atoms with van der Waals surface area (Å²) in [5, 5.41) is 11.8. The lowest BCUT2D eigenvalue weighted by atomic mass is 10.2.